The number of benzene rings is 2. The number of amides is 1. The van der Waals surface area contributed by atoms with Crippen LogP contribution in [-0.4, -0.2) is 43.8 Å². The number of hydrogen-bond donors (Lipinski definition) is 1. The summed E-state index contributed by atoms with van der Waals surface area (Å²) < 4.78 is 33.0. The Bertz CT molecular complexity index is 1090. The van der Waals surface area contributed by atoms with E-state index in [1.165, 1.54) is 47.8 Å². The summed E-state index contributed by atoms with van der Waals surface area (Å²) in [6.45, 7) is 2.49. The van der Waals surface area contributed by atoms with Crippen LogP contribution in [0.1, 0.15) is 41.6 Å². The normalized spacial score (nSPS) is 15.2. The van der Waals surface area contributed by atoms with Crippen LogP contribution in [0.5, 0.6) is 5.75 Å². The largest absolute Gasteiger partial charge is 0.495 e. The van der Waals surface area contributed by atoms with Gasteiger partial charge in [0.25, 0.3) is 11.6 Å². The van der Waals surface area contributed by atoms with E-state index in [1.807, 2.05) is 0 Å². The molecule has 1 saturated heterocycles. The van der Waals surface area contributed by atoms with Gasteiger partial charge < -0.3 is 10.1 Å². The van der Waals surface area contributed by atoms with Crippen molar-refractivity contribution in [3.63, 3.8) is 0 Å². The van der Waals surface area contributed by atoms with Gasteiger partial charge in [-0.3, -0.25) is 14.9 Å². The fourth-order valence-electron chi connectivity index (χ4n) is 3.57. The number of nitro groups is 1. The van der Waals surface area contributed by atoms with Gasteiger partial charge in [-0.2, -0.15) is 4.31 Å². The average Bonchev–Trinajstić information content (AvgIpc) is 3.03. The number of anilines is 1. The molecular weight excluding hydrogens is 422 g/mol. The number of nitrogens with one attached hydrogen (secondary N) is 1. The molecule has 1 aliphatic rings. The van der Waals surface area contributed by atoms with Gasteiger partial charge in [0.1, 0.15) is 5.75 Å². The van der Waals surface area contributed by atoms with E-state index in [9.17, 15) is 23.3 Å². The maximum atomic E-state index is 13.1. The Hall–Kier alpha value is -2.98. The van der Waals surface area contributed by atoms with E-state index < -0.39 is 20.9 Å². The lowest BCUT2D eigenvalue weighted by atomic mass is 10.1. The van der Waals surface area contributed by atoms with Gasteiger partial charge in [0.15, 0.2) is 0 Å². The minimum atomic E-state index is -3.70. The molecule has 1 N–H and O–H groups in total. The van der Waals surface area contributed by atoms with Crippen LogP contribution in [0.4, 0.5) is 11.4 Å². The highest BCUT2D eigenvalue weighted by atomic mass is 32.2. The smallest absolute Gasteiger partial charge is 0.272 e. The Labute approximate surface area is 181 Å². The fraction of sp³-hybridized carbons (Fsp3) is 0.381. The van der Waals surface area contributed by atoms with E-state index in [1.54, 1.807) is 6.92 Å². The first-order valence-electron chi connectivity index (χ1n) is 9.98. The molecular formula is C21H25N3O6S. The molecule has 31 heavy (non-hydrogen) atoms. The zero-order valence-corrected chi connectivity index (χ0v) is 18.3. The quantitative estimate of drug-likeness (QED) is 0.532. The van der Waals surface area contributed by atoms with Crippen molar-refractivity contribution in [2.24, 2.45) is 0 Å². The van der Waals surface area contributed by atoms with Crippen molar-refractivity contribution in [2.45, 2.75) is 37.5 Å². The lowest BCUT2D eigenvalue weighted by Gasteiger charge is -2.21. The monoisotopic (exact) mass is 447 g/mol. The highest BCUT2D eigenvalue weighted by Gasteiger charge is 2.26. The van der Waals surface area contributed by atoms with Crippen LogP contribution in [0.3, 0.4) is 0 Å². The second-order valence-electron chi connectivity index (χ2n) is 7.39. The number of nitro benzene ring substituents is 1. The summed E-state index contributed by atoms with van der Waals surface area (Å²) in [5.41, 5.74) is 0.687. The molecule has 0 atom stereocenters. The molecule has 0 spiro atoms. The van der Waals surface area contributed by atoms with Crippen LogP contribution >= 0.6 is 0 Å². The van der Waals surface area contributed by atoms with Gasteiger partial charge in [0.05, 0.1) is 22.6 Å². The van der Waals surface area contributed by atoms with Gasteiger partial charge in [-0.05, 0) is 50.1 Å². The predicted octanol–water partition coefficient (Wildman–Crippen LogP) is 3.73. The molecule has 0 radical (unpaired) electrons. The summed E-state index contributed by atoms with van der Waals surface area (Å²) in [6, 6.07) is 8.38. The van der Waals surface area contributed by atoms with Crippen LogP contribution in [0.2, 0.25) is 0 Å². The lowest BCUT2D eigenvalue weighted by Crippen LogP contribution is -2.32. The van der Waals surface area contributed by atoms with Gasteiger partial charge in [-0.1, -0.05) is 12.8 Å². The fourth-order valence-corrected chi connectivity index (χ4v) is 5.12. The third-order valence-electron chi connectivity index (χ3n) is 5.28. The van der Waals surface area contributed by atoms with Crippen molar-refractivity contribution in [1.29, 1.82) is 0 Å². The summed E-state index contributed by atoms with van der Waals surface area (Å²) >= 11 is 0. The second kappa shape index (κ2) is 9.44. The van der Waals surface area contributed by atoms with Gasteiger partial charge in [0, 0.05) is 30.3 Å². The third kappa shape index (κ3) is 5.02. The maximum Gasteiger partial charge on any atom is 0.272 e. The number of carbonyl (C=O) groups excluding carboxylic acids is 1. The predicted molar refractivity (Wildman–Crippen MR) is 116 cm³/mol. The van der Waals surface area contributed by atoms with E-state index in [4.69, 9.17) is 4.74 Å². The molecule has 10 heteroatoms. The second-order valence-corrected chi connectivity index (χ2v) is 9.33. The Balaban J connectivity index is 1.89. The van der Waals surface area contributed by atoms with E-state index >= 15 is 0 Å². The van der Waals surface area contributed by atoms with Crippen LogP contribution in [-0.2, 0) is 10.0 Å². The first-order valence-corrected chi connectivity index (χ1v) is 11.4. The molecule has 1 aliphatic heterocycles. The van der Waals surface area contributed by atoms with Crippen LogP contribution in [0.15, 0.2) is 41.3 Å². The summed E-state index contributed by atoms with van der Waals surface area (Å²) in [5, 5.41) is 13.7. The summed E-state index contributed by atoms with van der Waals surface area (Å²) in [7, 11) is -2.28. The molecule has 0 bridgehead atoms. The molecule has 0 saturated carbocycles. The first kappa shape index (κ1) is 22.7. The number of sulfonamides is 1. The molecule has 2 aromatic carbocycles. The zero-order chi connectivity index (χ0) is 22.6. The summed E-state index contributed by atoms with van der Waals surface area (Å²) in [4.78, 5) is 23.3. The number of methoxy groups -OCH3 is 1. The molecule has 2 aromatic rings. The minimum Gasteiger partial charge on any atom is -0.495 e. The molecule has 1 amide bonds. The molecule has 1 fully saturated rings. The third-order valence-corrected chi connectivity index (χ3v) is 7.17. The van der Waals surface area contributed by atoms with Crippen LogP contribution < -0.4 is 10.1 Å². The molecule has 166 valence electrons. The van der Waals surface area contributed by atoms with Gasteiger partial charge in [-0.15, -0.1) is 0 Å². The molecule has 0 aliphatic carbocycles. The van der Waals surface area contributed by atoms with Gasteiger partial charge >= 0.3 is 0 Å². The molecule has 0 unspecified atom stereocenters. The molecule has 3 rings (SSSR count). The van der Waals surface area contributed by atoms with E-state index in [0.717, 1.165) is 25.7 Å². The van der Waals surface area contributed by atoms with E-state index in [0.29, 0.717) is 24.4 Å². The lowest BCUT2D eigenvalue weighted by molar-refractivity contribution is -0.385. The van der Waals surface area contributed by atoms with Crippen molar-refractivity contribution in [2.75, 3.05) is 25.5 Å². The molecule has 1 heterocycles. The maximum absolute atomic E-state index is 13.1. The zero-order valence-electron chi connectivity index (χ0n) is 17.5. The summed E-state index contributed by atoms with van der Waals surface area (Å²) in [6.07, 6.45) is 3.64. The Morgan fingerprint density at radius 3 is 2.35 bits per heavy atom. The van der Waals surface area contributed by atoms with E-state index in [-0.39, 0.29) is 21.8 Å². The van der Waals surface area contributed by atoms with Gasteiger partial charge in [-0.25, -0.2) is 8.42 Å². The van der Waals surface area contributed by atoms with Crippen molar-refractivity contribution >= 4 is 27.3 Å². The van der Waals surface area contributed by atoms with Crippen molar-refractivity contribution in [1.82, 2.24) is 4.31 Å². The van der Waals surface area contributed by atoms with Crippen molar-refractivity contribution in [3.05, 3.63) is 57.6 Å². The Morgan fingerprint density at radius 2 is 1.77 bits per heavy atom. The topological polar surface area (TPSA) is 119 Å². The van der Waals surface area contributed by atoms with Crippen molar-refractivity contribution < 1.29 is 22.9 Å². The summed E-state index contributed by atoms with van der Waals surface area (Å²) in [5.74, 6) is -0.220. The number of rotatable bonds is 6. The van der Waals surface area contributed by atoms with Crippen LogP contribution in [0.25, 0.3) is 0 Å². The van der Waals surface area contributed by atoms with Crippen molar-refractivity contribution in [3.8, 4) is 5.75 Å². The van der Waals surface area contributed by atoms with E-state index in [2.05, 4.69) is 5.32 Å². The highest BCUT2D eigenvalue weighted by Crippen LogP contribution is 2.30. The number of aryl methyl sites for hydroxylation is 1. The SMILES string of the molecule is COc1ccc(S(=O)(=O)N2CCCCCC2)cc1NC(=O)c1ccc([N+](=O)[O-])c(C)c1. The Morgan fingerprint density at radius 1 is 1.10 bits per heavy atom. The Kier molecular flexibility index (Phi) is 6.91. The standard InChI is InChI=1S/C21H25N3O6S/c1-15-13-16(7-9-19(15)24(26)27)21(25)22-18-14-17(8-10-20(18)30-2)31(28,29)23-11-5-3-4-6-12-23/h7-10,13-14H,3-6,11-12H2,1-2H3,(H,22,25). The van der Waals surface area contributed by atoms with Crippen LogP contribution in [0, 0.1) is 17.0 Å². The minimum absolute atomic E-state index is 0.0744. The number of carbonyl (C=O) groups is 1. The first-order chi connectivity index (χ1) is 14.7. The average molecular weight is 448 g/mol. The number of hydrogen-bond acceptors (Lipinski definition) is 6. The molecule has 0 aromatic heterocycles. The number of nitrogens with zero attached hydrogens (tertiary/aromatic N) is 2. The number of ether oxygens (including phenoxy) is 1. The highest BCUT2D eigenvalue weighted by molar-refractivity contribution is 7.89. The molecule has 9 nitrogen and oxygen atoms in total. The van der Waals surface area contributed by atoms with Gasteiger partial charge in [0.2, 0.25) is 10.0 Å².